The van der Waals surface area contributed by atoms with Gasteiger partial charge in [0, 0.05) is 21.4 Å². The number of ether oxygens (including phenoxy) is 1. The zero-order valence-electron chi connectivity index (χ0n) is 13.0. The number of anilines is 1. The van der Waals surface area contributed by atoms with Crippen LogP contribution in [0.3, 0.4) is 0 Å². The zero-order chi connectivity index (χ0) is 18.6. The molecule has 9 heteroatoms. The van der Waals surface area contributed by atoms with Gasteiger partial charge < -0.3 is 10.1 Å². The third-order valence-corrected chi connectivity index (χ3v) is 4.97. The van der Waals surface area contributed by atoms with Gasteiger partial charge in [-0.15, -0.1) is 0 Å². The van der Waals surface area contributed by atoms with Crippen LogP contribution in [0.4, 0.5) is 5.69 Å². The summed E-state index contributed by atoms with van der Waals surface area (Å²) in [6.45, 7) is 0. The van der Waals surface area contributed by atoms with Crippen molar-refractivity contribution in [3.05, 3.63) is 58.6 Å². The molecule has 0 fully saturated rings. The Kier molecular flexibility index (Phi) is 6.05. The van der Waals surface area contributed by atoms with Gasteiger partial charge in [-0.1, -0.05) is 29.8 Å². The summed E-state index contributed by atoms with van der Waals surface area (Å²) < 4.78 is 27.9. The highest BCUT2D eigenvalue weighted by Crippen LogP contribution is 2.25. The third-order valence-electron chi connectivity index (χ3n) is 3.24. The van der Waals surface area contributed by atoms with E-state index in [2.05, 4.69) is 10.1 Å². The number of hydrogen-bond acceptors (Lipinski definition) is 5. The van der Waals surface area contributed by atoms with Gasteiger partial charge in [-0.2, -0.15) is 0 Å². The van der Waals surface area contributed by atoms with Gasteiger partial charge in [0.05, 0.1) is 24.0 Å². The highest BCUT2D eigenvalue weighted by atomic mass is 35.7. The summed E-state index contributed by atoms with van der Waals surface area (Å²) in [6.07, 6.45) is 0.00137. The van der Waals surface area contributed by atoms with Crippen LogP contribution in [-0.2, 0) is 25.0 Å². The minimum absolute atomic E-state index is 0.00137. The van der Waals surface area contributed by atoms with Crippen molar-refractivity contribution in [3.8, 4) is 0 Å². The number of methoxy groups -OCH3 is 1. The van der Waals surface area contributed by atoms with Gasteiger partial charge in [-0.05, 0) is 29.8 Å². The lowest BCUT2D eigenvalue weighted by atomic mass is 10.1. The Morgan fingerprint density at radius 2 is 1.84 bits per heavy atom. The maximum atomic E-state index is 12.1. The molecule has 0 radical (unpaired) electrons. The molecule has 6 nitrogen and oxygen atoms in total. The number of carbonyl (C=O) groups is 2. The van der Waals surface area contributed by atoms with Crippen LogP contribution < -0.4 is 5.32 Å². The largest absolute Gasteiger partial charge is 0.465 e. The smallest absolute Gasteiger partial charge is 0.339 e. The lowest BCUT2D eigenvalue weighted by Crippen LogP contribution is -2.16. The first kappa shape index (κ1) is 19.2. The molecular formula is C16H13Cl2NO5S. The van der Waals surface area contributed by atoms with E-state index in [4.69, 9.17) is 22.3 Å². The Bertz CT molecular complexity index is 928. The fourth-order valence-corrected chi connectivity index (χ4v) is 3.37. The molecule has 0 aromatic heterocycles. The van der Waals surface area contributed by atoms with Crippen LogP contribution >= 0.6 is 22.3 Å². The Labute approximate surface area is 154 Å². The highest BCUT2D eigenvalue weighted by Gasteiger charge is 2.22. The predicted octanol–water partition coefficient (Wildman–Crippen LogP) is 3.24. The molecular weight excluding hydrogens is 389 g/mol. The fourth-order valence-electron chi connectivity index (χ4n) is 2.10. The van der Waals surface area contributed by atoms with E-state index in [1.54, 1.807) is 24.3 Å². The van der Waals surface area contributed by atoms with E-state index in [-0.39, 0.29) is 17.7 Å². The van der Waals surface area contributed by atoms with Crippen LogP contribution in [0.15, 0.2) is 47.4 Å². The number of hydrogen-bond donors (Lipinski definition) is 1. The molecule has 132 valence electrons. The molecule has 1 N–H and O–H groups in total. The molecule has 0 spiro atoms. The molecule has 0 bridgehead atoms. The van der Waals surface area contributed by atoms with E-state index in [9.17, 15) is 18.0 Å². The average Bonchev–Trinajstić information content (AvgIpc) is 2.55. The standard InChI is InChI=1S/C16H13Cl2NO5S/c1-24-16(21)12-7-6-11(9-14(12)25(18,22)23)19-15(20)8-10-4-2-3-5-13(10)17/h2-7,9H,8H2,1H3,(H,19,20). The maximum Gasteiger partial charge on any atom is 0.339 e. The summed E-state index contributed by atoms with van der Waals surface area (Å²) in [5, 5.41) is 2.99. The van der Waals surface area contributed by atoms with E-state index in [0.29, 0.717) is 10.6 Å². The molecule has 0 aliphatic carbocycles. The van der Waals surface area contributed by atoms with E-state index in [0.717, 1.165) is 13.2 Å². The third kappa shape index (κ3) is 4.94. The van der Waals surface area contributed by atoms with Crippen LogP contribution in [0.5, 0.6) is 0 Å². The number of nitrogens with one attached hydrogen (secondary N) is 1. The zero-order valence-corrected chi connectivity index (χ0v) is 15.3. The van der Waals surface area contributed by atoms with Crippen molar-refractivity contribution >= 4 is 48.9 Å². The van der Waals surface area contributed by atoms with Crippen LogP contribution in [0, 0.1) is 0 Å². The number of carbonyl (C=O) groups excluding carboxylic acids is 2. The summed E-state index contributed by atoms with van der Waals surface area (Å²) in [5.74, 6) is -1.26. The van der Waals surface area contributed by atoms with Gasteiger partial charge >= 0.3 is 5.97 Å². The topological polar surface area (TPSA) is 89.5 Å². The molecule has 0 heterocycles. The lowest BCUT2D eigenvalue weighted by Gasteiger charge is -2.10. The van der Waals surface area contributed by atoms with E-state index in [1.165, 1.54) is 12.1 Å². The Morgan fingerprint density at radius 3 is 2.44 bits per heavy atom. The first-order chi connectivity index (χ1) is 11.7. The first-order valence-electron chi connectivity index (χ1n) is 6.92. The van der Waals surface area contributed by atoms with Gasteiger partial charge in [0.2, 0.25) is 5.91 Å². The van der Waals surface area contributed by atoms with E-state index >= 15 is 0 Å². The van der Waals surface area contributed by atoms with Crippen molar-refractivity contribution in [2.45, 2.75) is 11.3 Å². The molecule has 0 aliphatic rings. The summed E-state index contributed by atoms with van der Waals surface area (Å²) in [7, 11) is 2.26. The Balaban J connectivity index is 2.27. The second-order valence-corrected chi connectivity index (χ2v) is 7.90. The first-order valence-corrected chi connectivity index (χ1v) is 9.61. The van der Waals surface area contributed by atoms with Crippen LogP contribution in [0.25, 0.3) is 0 Å². The van der Waals surface area contributed by atoms with Gasteiger partial charge in [0.15, 0.2) is 0 Å². The van der Waals surface area contributed by atoms with Gasteiger partial charge in [-0.3, -0.25) is 4.79 Å². The molecule has 0 saturated heterocycles. The second-order valence-electron chi connectivity index (χ2n) is 4.96. The SMILES string of the molecule is COC(=O)c1ccc(NC(=O)Cc2ccccc2Cl)cc1S(=O)(=O)Cl. The maximum absolute atomic E-state index is 12.1. The van der Waals surface area contributed by atoms with Crippen molar-refractivity contribution in [3.63, 3.8) is 0 Å². The van der Waals surface area contributed by atoms with Gasteiger partial charge in [-0.25, -0.2) is 13.2 Å². The Morgan fingerprint density at radius 1 is 1.16 bits per heavy atom. The highest BCUT2D eigenvalue weighted by molar-refractivity contribution is 8.13. The van der Waals surface area contributed by atoms with Crippen molar-refractivity contribution in [1.29, 1.82) is 0 Å². The Hall–Kier alpha value is -2.09. The fraction of sp³-hybridized carbons (Fsp3) is 0.125. The normalized spacial score (nSPS) is 11.0. The molecule has 25 heavy (non-hydrogen) atoms. The van der Waals surface area contributed by atoms with Gasteiger partial charge in [0.25, 0.3) is 9.05 Å². The summed E-state index contributed by atoms with van der Waals surface area (Å²) >= 11 is 6.00. The van der Waals surface area contributed by atoms with E-state index in [1.807, 2.05) is 0 Å². The predicted molar refractivity (Wildman–Crippen MR) is 94.6 cm³/mol. The quantitative estimate of drug-likeness (QED) is 0.613. The molecule has 2 aromatic rings. The van der Waals surface area contributed by atoms with Crippen molar-refractivity contribution < 1.29 is 22.7 Å². The van der Waals surface area contributed by atoms with E-state index < -0.39 is 25.8 Å². The molecule has 1 amide bonds. The molecule has 0 unspecified atom stereocenters. The molecule has 2 rings (SSSR count). The van der Waals surface area contributed by atoms with Crippen molar-refractivity contribution in [1.82, 2.24) is 0 Å². The summed E-state index contributed by atoms with van der Waals surface area (Å²) in [6, 6.07) is 10.5. The van der Waals surface area contributed by atoms with Crippen molar-refractivity contribution in [2.75, 3.05) is 12.4 Å². The van der Waals surface area contributed by atoms with Gasteiger partial charge in [0.1, 0.15) is 0 Å². The number of esters is 1. The molecule has 0 aliphatic heterocycles. The van der Waals surface area contributed by atoms with Crippen LogP contribution in [-0.4, -0.2) is 27.4 Å². The number of amides is 1. The number of halogens is 2. The van der Waals surface area contributed by atoms with Crippen molar-refractivity contribution in [2.24, 2.45) is 0 Å². The minimum atomic E-state index is -4.21. The lowest BCUT2D eigenvalue weighted by molar-refractivity contribution is -0.115. The monoisotopic (exact) mass is 401 g/mol. The minimum Gasteiger partial charge on any atom is -0.465 e. The number of rotatable bonds is 5. The molecule has 0 atom stereocenters. The molecule has 0 saturated carbocycles. The van der Waals surface area contributed by atoms with Crippen LogP contribution in [0.2, 0.25) is 5.02 Å². The average molecular weight is 402 g/mol. The second kappa shape index (κ2) is 7.86. The van der Waals surface area contributed by atoms with Crippen LogP contribution in [0.1, 0.15) is 15.9 Å². The molecule has 2 aromatic carbocycles. The summed E-state index contributed by atoms with van der Waals surface area (Å²) in [4.78, 5) is 23.3. The number of benzene rings is 2. The summed E-state index contributed by atoms with van der Waals surface area (Å²) in [5.41, 5.74) is 0.573.